The van der Waals surface area contributed by atoms with E-state index in [1.54, 1.807) is 0 Å². The number of hydrogen-bond donors (Lipinski definition) is 0. The average Bonchev–Trinajstić information content (AvgIpc) is 3.75. The number of anilines is 3. The summed E-state index contributed by atoms with van der Waals surface area (Å²) in [4.78, 5) is 29.9. The second-order valence-corrected chi connectivity index (χ2v) is 19.1. The van der Waals surface area contributed by atoms with Crippen LogP contribution in [-0.4, -0.2) is 11.6 Å². The Morgan fingerprint density at radius 3 is 1.40 bits per heavy atom. The van der Waals surface area contributed by atoms with Crippen molar-refractivity contribution in [1.82, 2.24) is 0 Å². The van der Waals surface area contributed by atoms with E-state index in [2.05, 4.69) is 201 Å². The fraction of sp³-hybridized carbons (Fsp3) is 0.0746. The monoisotopic (exact) mass is 899 g/mol. The van der Waals surface area contributed by atoms with E-state index in [0.717, 1.165) is 39.3 Å². The molecule has 0 aliphatic heterocycles. The number of carbonyl (C=O) groups excluding carboxylic acids is 2. The largest absolute Gasteiger partial charge is 0.310 e. The van der Waals surface area contributed by atoms with Crippen molar-refractivity contribution in [3.63, 3.8) is 0 Å². The highest BCUT2D eigenvalue weighted by molar-refractivity contribution is 6.10. The van der Waals surface area contributed by atoms with E-state index in [1.165, 1.54) is 44.5 Å². The Bertz CT molecular complexity index is 3540. The molecule has 0 radical (unpaired) electrons. The molecule has 3 heteroatoms. The molecule has 2 aliphatic rings. The first-order valence-corrected chi connectivity index (χ1v) is 24.1. The molecule has 0 amide bonds. The molecule has 0 aromatic heterocycles. The zero-order chi connectivity index (χ0) is 47.3. The zero-order valence-electron chi connectivity index (χ0n) is 39.1. The lowest BCUT2D eigenvalue weighted by atomic mass is 9.62. The maximum atomic E-state index is 14.3. The Labute approximate surface area is 410 Å². The van der Waals surface area contributed by atoms with Crippen LogP contribution < -0.4 is 4.90 Å². The van der Waals surface area contributed by atoms with Gasteiger partial charge in [-0.05, 0) is 103 Å². The van der Waals surface area contributed by atoms with Crippen molar-refractivity contribution in [2.45, 2.75) is 31.1 Å². The van der Waals surface area contributed by atoms with Crippen molar-refractivity contribution < 1.29 is 9.59 Å². The molecule has 2 aliphatic carbocycles. The second kappa shape index (κ2) is 17.5. The Morgan fingerprint density at radius 1 is 0.357 bits per heavy atom. The van der Waals surface area contributed by atoms with Gasteiger partial charge in [-0.1, -0.05) is 226 Å². The predicted molar refractivity (Wildman–Crippen MR) is 285 cm³/mol. The van der Waals surface area contributed by atoms with Gasteiger partial charge >= 0.3 is 0 Å². The van der Waals surface area contributed by atoms with Crippen molar-refractivity contribution in [3.05, 3.63) is 315 Å². The van der Waals surface area contributed by atoms with Crippen LogP contribution in [0.4, 0.5) is 17.1 Å². The van der Waals surface area contributed by atoms with E-state index in [1.807, 2.05) is 66.7 Å². The average molecular weight is 900 g/mol. The number of fused-ring (bicyclic) bond motifs is 5. The lowest BCUT2D eigenvalue weighted by Gasteiger charge is -2.41. The highest BCUT2D eigenvalue weighted by atomic mass is 16.1. The van der Waals surface area contributed by atoms with Crippen molar-refractivity contribution in [2.75, 3.05) is 4.90 Å². The third-order valence-electron chi connectivity index (χ3n) is 14.7. The molecule has 0 saturated carbocycles. The van der Waals surface area contributed by atoms with Gasteiger partial charge in [0.05, 0.1) is 0 Å². The number of carbonyl (C=O) groups is 2. The van der Waals surface area contributed by atoms with Crippen LogP contribution in [0.5, 0.6) is 0 Å². The van der Waals surface area contributed by atoms with Crippen LogP contribution in [-0.2, 0) is 5.41 Å². The minimum Gasteiger partial charge on any atom is -0.310 e. The minimum atomic E-state index is -0.300. The molecule has 334 valence electrons. The van der Waals surface area contributed by atoms with Crippen LogP contribution in [0.15, 0.2) is 249 Å². The molecule has 2 unspecified atom stereocenters. The van der Waals surface area contributed by atoms with Crippen molar-refractivity contribution in [3.8, 4) is 22.3 Å². The van der Waals surface area contributed by atoms with Crippen LogP contribution in [0.25, 0.3) is 22.3 Å². The summed E-state index contributed by atoms with van der Waals surface area (Å²) < 4.78 is 0. The molecular formula is C67H49NO2. The highest BCUT2D eigenvalue weighted by Crippen LogP contribution is 2.53. The highest BCUT2D eigenvalue weighted by Gasteiger charge is 2.40. The van der Waals surface area contributed by atoms with Crippen LogP contribution in [0.3, 0.4) is 0 Å². The molecule has 0 heterocycles. The maximum absolute atomic E-state index is 14.3. The summed E-state index contributed by atoms with van der Waals surface area (Å²) in [7, 11) is 0. The maximum Gasteiger partial charge on any atom is 0.193 e. The number of rotatable bonds is 10. The number of hydrogen-bond acceptors (Lipinski definition) is 3. The van der Waals surface area contributed by atoms with E-state index in [9.17, 15) is 9.59 Å². The summed E-state index contributed by atoms with van der Waals surface area (Å²) in [6.07, 6.45) is 0. The first-order chi connectivity index (χ1) is 34.3. The van der Waals surface area contributed by atoms with Crippen LogP contribution in [0, 0.1) is 0 Å². The lowest BCUT2D eigenvalue weighted by molar-refractivity contribution is 0.103. The van der Waals surface area contributed by atoms with Gasteiger partial charge in [-0.3, -0.25) is 9.59 Å². The van der Waals surface area contributed by atoms with Gasteiger partial charge in [-0.15, -0.1) is 0 Å². The normalized spacial score (nSPS) is 14.9. The van der Waals surface area contributed by atoms with Gasteiger partial charge in [0.1, 0.15) is 0 Å². The Balaban J connectivity index is 0.834. The van der Waals surface area contributed by atoms with Crippen LogP contribution in [0.2, 0.25) is 0 Å². The van der Waals surface area contributed by atoms with E-state index in [0.29, 0.717) is 22.3 Å². The molecule has 0 fully saturated rings. The number of ketones is 2. The third-order valence-corrected chi connectivity index (χ3v) is 14.7. The lowest BCUT2D eigenvalue weighted by Crippen LogP contribution is -2.30. The fourth-order valence-corrected chi connectivity index (χ4v) is 11.4. The zero-order valence-corrected chi connectivity index (χ0v) is 39.1. The van der Waals surface area contributed by atoms with Crippen molar-refractivity contribution >= 4 is 28.6 Å². The molecule has 2 atom stereocenters. The van der Waals surface area contributed by atoms with Gasteiger partial charge in [0.25, 0.3) is 0 Å². The van der Waals surface area contributed by atoms with E-state index in [-0.39, 0.29) is 28.8 Å². The van der Waals surface area contributed by atoms with Crippen LogP contribution in [0.1, 0.15) is 102 Å². The summed E-state index contributed by atoms with van der Waals surface area (Å²) in [6.45, 7) is 4.64. The molecule has 0 bridgehead atoms. The van der Waals surface area contributed by atoms with Gasteiger partial charge in [-0.25, -0.2) is 0 Å². The summed E-state index contributed by atoms with van der Waals surface area (Å²) in [5.74, 6) is 0.0412. The SMILES string of the molecule is CC1(C)c2ccccc2C(c2ccc(C(=O)c3ccccc3)cc2)c2cccc(-c3ccc(C(=O)c4ccc(C5c6ccccc6-c6cc(N(c7ccccc7)c7ccccc7)ccc65)cc4)cc3)c21. The van der Waals surface area contributed by atoms with E-state index < -0.39 is 0 Å². The molecular weight excluding hydrogens is 851 g/mol. The van der Waals surface area contributed by atoms with Crippen molar-refractivity contribution in [1.29, 1.82) is 0 Å². The number of benzene rings is 10. The Morgan fingerprint density at radius 2 is 0.800 bits per heavy atom. The Kier molecular flexibility index (Phi) is 10.6. The Hall–Kier alpha value is -8.66. The molecule has 12 rings (SSSR count). The van der Waals surface area contributed by atoms with Gasteiger partial charge in [0.15, 0.2) is 11.6 Å². The first-order valence-electron chi connectivity index (χ1n) is 24.1. The van der Waals surface area contributed by atoms with Gasteiger partial charge in [0, 0.05) is 56.6 Å². The molecule has 0 N–H and O–H groups in total. The summed E-state index contributed by atoms with van der Waals surface area (Å²) >= 11 is 0. The fourth-order valence-electron chi connectivity index (χ4n) is 11.4. The molecule has 0 saturated heterocycles. The third kappa shape index (κ3) is 7.30. The first kappa shape index (κ1) is 42.7. The van der Waals surface area contributed by atoms with Gasteiger partial charge in [-0.2, -0.15) is 0 Å². The van der Waals surface area contributed by atoms with E-state index in [4.69, 9.17) is 0 Å². The summed E-state index contributed by atoms with van der Waals surface area (Å²) in [6, 6.07) is 86.0. The number of para-hydroxylation sites is 2. The molecule has 10 aromatic rings. The van der Waals surface area contributed by atoms with Crippen LogP contribution >= 0.6 is 0 Å². The minimum absolute atomic E-state index is 0.00418. The predicted octanol–water partition coefficient (Wildman–Crippen LogP) is 16.3. The molecule has 10 aromatic carbocycles. The topological polar surface area (TPSA) is 37.4 Å². The van der Waals surface area contributed by atoms with Gasteiger partial charge in [0.2, 0.25) is 0 Å². The number of nitrogens with zero attached hydrogens (tertiary/aromatic N) is 1. The molecule has 3 nitrogen and oxygen atoms in total. The van der Waals surface area contributed by atoms with Gasteiger partial charge < -0.3 is 4.90 Å². The summed E-state index contributed by atoms with van der Waals surface area (Å²) in [5, 5.41) is 0. The molecule has 0 spiro atoms. The molecule has 70 heavy (non-hydrogen) atoms. The quantitative estimate of drug-likeness (QED) is 0.128. The van der Waals surface area contributed by atoms with E-state index >= 15 is 0 Å². The summed E-state index contributed by atoms with van der Waals surface area (Å²) in [5.41, 5.74) is 20.3. The second-order valence-electron chi connectivity index (χ2n) is 19.1. The standard InChI is InChI=1S/C67H49NO2/c1-67(2)61-28-15-14-25-58(61)63(46-33-39-49(40-34-46)65(69)47-17-6-3-7-18-47)59-27-16-26-54(64(59)67)44-29-35-48(36-30-44)66(70)50-37-31-45(32-38-50)62-56-24-13-12-23-55(56)60-43-53(41-42-57(60)62)68(51-19-8-4-9-20-51)52-21-10-5-11-22-52/h3-43,62-63H,1-2H3. The van der Waals surface area contributed by atoms with Crippen molar-refractivity contribution in [2.24, 2.45) is 0 Å². The smallest absolute Gasteiger partial charge is 0.193 e.